The molecule has 0 bridgehead atoms. The number of hydrogen-bond donors (Lipinski definition) is 1. The van der Waals surface area contributed by atoms with E-state index in [9.17, 15) is 4.79 Å². The molecule has 2 aliphatic rings. The van der Waals surface area contributed by atoms with Crippen LogP contribution in [0.3, 0.4) is 0 Å². The van der Waals surface area contributed by atoms with Crippen molar-refractivity contribution in [2.24, 2.45) is 5.92 Å². The van der Waals surface area contributed by atoms with Crippen LogP contribution < -0.4 is 10.1 Å². The van der Waals surface area contributed by atoms with Crippen LogP contribution >= 0.6 is 0 Å². The van der Waals surface area contributed by atoms with Gasteiger partial charge in [-0.15, -0.1) is 0 Å². The van der Waals surface area contributed by atoms with Gasteiger partial charge >= 0.3 is 0 Å². The molecule has 22 heavy (non-hydrogen) atoms. The standard InChI is InChI=1S/C18H25NO3/c20-18(12-14-6-1-2-7-14)19-16-9-3-4-10-17(16)22-13-15-8-5-11-21-15/h3-4,9-10,14-15H,1-2,5-8,11-13H2,(H,19,20)/t15-/m1/s1. The molecule has 3 rings (SSSR count). The van der Waals surface area contributed by atoms with E-state index in [-0.39, 0.29) is 12.0 Å². The molecule has 0 spiro atoms. The number of ether oxygens (including phenoxy) is 2. The summed E-state index contributed by atoms with van der Waals surface area (Å²) in [5.74, 6) is 1.39. The lowest BCUT2D eigenvalue weighted by Crippen LogP contribution is -2.19. The number of nitrogens with one attached hydrogen (secondary N) is 1. The molecule has 0 unspecified atom stereocenters. The summed E-state index contributed by atoms with van der Waals surface area (Å²) in [6, 6.07) is 7.65. The molecule has 1 aliphatic carbocycles. The average molecular weight is 303 g/mol. The van der Waals surface area contributed by atoms with Gasteiger partial charge in [-0.1, -0.05) is 25.0 Å². The quantitative estimate of drug-likeness (QED) is 0.870. The predicted octanol–water partition coefficient (Wildman–Crippen LogP) is 3.76. The van der Waals surface area contributed by atoms with Crippen LogP contribution in [0.5, 0.6) is 5.75 Å². The van der Waals surface area contributed by atoms with E-state index in [1.165, 1.54) is 25.7 Å². The second-order valence-electron chi connectivity index (χ2n) is 6.34. The molecule has 2 fully saturated rings. The number of carbonyl (C=O) groups is 1. The Bertz CT molecular complexity index is 491. The average Bonchev–Trinajstić information content (AvgIpc) is 3.19. The number of hydrogen-bond acceptors (Lipinski definition) is 3. The Labute approximate surface area is 132 Å². The van der Waals surface area contributed by atoms with Gasteiger partial charge in [0.1, 0.15) is 12.4 Å². The van der Waals surface area contributed by atoms with Gasteiger partial charge in [0.2, 0.25) is 5.91 Å². The third-order valence-corrected chi connectivity index (χ3v) is 4.56. The molecular formula is C18H25NO3. The van der Waals surface area contributed by atoms with Gasteiger partial charge in [-0.3, -0.25) is 4.79 Å². The second kappa shape index (κ2) is 7.63. The maximum atomic E-state index is 12.2. The highest BCUT2D eigenvalue weighted by molar-refractivity contribution is 5.92. The van der Waals surface area contributed by atoms with Crippen molar-refractivity contribution in [3.8, 4) is 5.75 Å². The summed E-state index contributed by atoms with van der Waals surface area (Å²) in [5, 5.41) is 3.01. The van der Waals surface area contributed by atoms with Crippen molar-refractivity contribution in [3.63, 3.8) is 0 Å². The van der Waals surface area contributed by atoms with E-state index >= 15 is 0 Å². The Kier molecular flexibility index (Phi) is 5.33. The maximum Gasteiger partial charge on any atom is 0.224 e. The largest absolute Gasteiger partial charge is 0.489 e. The number of anilines is 1. The van der Waals surface area contributed by atoms with E-state index in [2.05, 4.69) is 5.32 Å². The zero-order valence-corrected chi connectivity index (χ0v) is 13.1. The van der Waals surface area contributed by atoms with Crippen molar-refractivity contribution >= 4 is 11.6 Å². The van der Waals surface area contributed by atoms with E-state index in [1.807, 2.05) is 24.3 Å². The Balaban J connectivity index is 1.54. The lowest BCUT2D eigenvalue weighted by atomic mass is 10.0. The normalized spacial score (nSPS) is 21.9. The molecule has 4 heteroatoms. The number of benzene rings is 1. The van der Waals surface area contributed by atoms with Gasteiger partial charge in [0.15, 0.2) is 0 Å². The van der Waals surface area contributed by atoms with Crippen molar-refractivity contribution in [2.45, 2.75) is 51.0 Å². The summed E-state index contributed by atoms with van der Waals surface area (Å²) < 4.78 is 11.4. The van der Waals surface area contributed by atoms with Gasteiger partial charge in [0.25, 0.3) is 0 Å². The zero-order chi connectivity index (χ0) is 15.2. The van der Waals surface area contributed by atoms with Crippen molar-refractivity contribution < 1.29 is 14.3 Å². The monoisotopic (exact) mass is 303 g/mol. The van der Waals surface area contributed by atoms with Crippen LogP contribution in [-0.4, -0.2) is 25.2 Å². The molecule has 4 nitrogen and oxygen atoms in total. The van der Waals surface area contributed by atoms with Gasteiger partial charge < -0.3 is 14.8 Å². The van der Waals surface area contributed by atoms with Crippen LogP contribution in [0.1, 0.15) is 44.9 Å². The molecular weight excluding hydrogens is 278 g/mol. The third-order valence-electron chi connectivity index (χ3n) is 4.56. The molecule has 1 heterocycles. The predicted molar refractivity (Wildman–Crippen MR) is 86.1 cm³/mol. The molecule has 1 aromatic rings. The molecule has 120 valence electrons. The van der Waals surface area contributed by atoms with Crippen LogP contribution in [0, 0.1) is 5.92 Å². The van der Waals surface area contributed by atoms with Gasteiger partial charge in [-0.2, -0.15) is 0 Å². The van der Waals surface area contributed by atoms with Gasteiger partial charge in [0.05, 0.1) is 11.8 Å². The molecule has 1 aromatic carbocycles. The Hall–Kier alpha value is -1.55. The second-order valence-corrected chi connectivity index (χ2v) is 6.34. The highest BCUT2D eigenvalue weighted by Gasteiger charge is 2.20. The maximum absolute atomic E-state index is 12.2. The zero-order valence-electron chi connectivity index (χ0n) is 13.1. The first-order chi connectivity index (χ1) is 10.8. The summed E-state index contributed by atoms with van der Waals surface area (Å²) in [6.45, 7) is 1.38. The lowest BCUT2D eigenvalue weighted by molar-refractivity contribution is -0.117. The van der Waals surface area contributed by atoms with E-state index in [0.717, 1.165) is 30.9 Å². The molecule has 1 N–H and O–H groups in total. The molecule has 1 amide bonds. The van der Waals surface area contributed by atoms with Crippen molar-refractivity contribution in [1.29, 1.82) is 0 Å². The number of carbonyl (C=O) groups excluding carboxylic acids is 1. The fraction of sp³-hybridized carbons (Fsp3) is 0.611. The van der Waals surface area contributed by atoms with Gasteiger partial charge in [0, 0.05) is 13.0 Å². The van der Waals surface area contributed by atoms with Crippen LogP contribution in [-0.2, 0) is 9.53 Å². The number of rotatable bonds is 6. The fourth-order valence-electron chi connectivity index (χ4n) is 3.33. The summed E-state index contributed by atoms with van der Waals surface area (Å²) in [4.78, 5) is 12.2. The van der Waals surface area contributed by atoms with Gasteiger partial charge in [-0.25, -0.2) is 0 Å². The van der Waals surface area contributed by atoms with Crippen molar-refractivity contribution in [3.05, 3.63) is 24.3 Å². The van der Waals surface area contributed by atoms with Crippen molar-refractivity contribution in [2.75, 3.05) is 18.5 Å². The Morgan fingerprint density at radius 3 is 2.77 bits per heavy atom. The van der Waals surface area contributed by atoms with Crippen LogP contribution in [0.4, 0.5) is 5.69 Å². The minimum Gasteiger partial charge on any atom is -0.489 e. The van der Waals surface area contributed by atoms with E-state index in [1.54, 1.807) is 0 Å². The summed E-state index contributed by atoms with van der Waals surface area (Å²) in [7, 11) is 0. The summed E-state index contributed by atoms with van der Waals surface area (Å²) >= 11 is 0. The molecule has 0 aromatic heterocycles. The smallest absolute Gasteiger partial charge is 0.224 e. The third kappa shape index (κ3) is 4.23. The summed E-state index contributed by atoms with van der Waals surface area (Å²) in [6.07, 6.45) is 7.86. The van der Waals surface area contributed by atoms with E-state index in [4.69, 9.17) is 9.47 Å². The molecule has 1 aliphatic heterocycles. The lowest BCUT2D eigenvalue weighted by Gasteiger charge is -2.16. The topological polar surface area (TPSA) is 47.6 Å². The van der Waals surface area contributed by atoms with Crippen LogP contribution in [0.15, 0.2) is 24.3 Å². The fourth-order valence-corrected chi connectivity index (χ4v) is 3.33. The molecule has 1 atom stereocenters. The first kappa shape index (κ1) is 15.3. The SMILES string of the molecule is O=C(CC1CCCC1)Nc1ccccc1OC[C@H]1CCCO1. The van der Waals surface area contributed by atoms with E-state index in [0.29, 0.717) is 18.9 Å². The van der Waals surface area contributed by atoms with Crippen LogP contribution in [0.2, 0.25) is 0 Å². The Morgan fingerprint density at radius 1 is 1.18 bits per heavy atom. The van der Waals surface area contributed by atoms with Gasteiger partial charge in [-0.05, 0) is 43.7 Å². The minimum atomic E-state index is 0.0973. The highest BCUT2D eigenvalue weighted by Crippen LogP contribution is 2.29. The number of para-hydroxylation sites is 2. The highest BCUT2D eigenvalue weighted by atomic mass is 16.5. The summed E-state index contributed by atoms with van der Waals surface area (Å²) in [5.41, 5.74) is 0.767. The minimum absolute atomic E-state index is 0.0973. The molecule has 1 saturated heterocycles. The Morgan fingerprint density at radius 2 is 2.00 bits per heavy atom. The van der Waals surface area contributed by atoms with Crippen LogP contribution in [0.25, 0.3) is 0 Å². The first-order valence-corrected chi connectivity index (χ1v) is 8.44. The number of amides is 1. The molecule has 0 radical (unpaired) electrons. The first-order valence-electron chi connectivity index (χ1n) is 8.44. The van der Waals surface area contributed by atoms with E-state index < -0.39 is 0 Å². The van der Waals surface area contributed by atoms with Crippen molar-refractivity contribution in [1.82, 2.24) is 0 Å². The molecule has 1 saturated carbocycles.